The molecule has 0 unspecified atom stereocenters. The predicted molar refractivity (Wildman–Crippen MR) is 130 cm³/mol. The molecule has 3 aromatic carbocycles. The van der Waals surface area contributed by atoms with Gasteiger partial charge in [0.05, 0.1) is 12.9 Å². The largest absolute Gasteiger partial charge is 0.493 e. The fraction of sp³-hybridized carbons (Fsp3) is 0.308. The highest BCUT2D eigenvalue weighted by Crippen LogP contribution is 2.31. The van der Waals surface area contributed by atoms with Crippen molar-refractivity contribution in [2.75, 3.05) is 33.3 Å². The average Bonchev–Trinajstić information content (AvgIpc) is 3.06. The molecule has 4 rings (SSSR count). The summed E-state index contributed by atoms with van der Waals surface area (Å²) in [6, 6.07) is 25.0. The second kappa shape index (κ2) is 10.8. The van der Waals surface area contributed by atoms with E-state index in [1.54, 1.807) is 11.4 Å². The zero-order chi connectivity index (χ0) is 23.1. The van der Waals surface area contributed by atoms with E-state index < -0.39 is 10.0 Å². The maximum Gasteiger partial charge on any atom is 0.218 e. The molecule has 0 aromatic heterocycles. The standard InChI is InChI=1S/C26H30N2O4S/c1-31-25-13-5-6-14-26(25)32-24-12-7-11-23(19-24)20-27-15-8-16-28(18-17-27)33(29,30)21-22-9-3-2-4-10-22/h2-7,9-14,19H,8,15-18,20-21H2,1H3. The van der Waals surface area contributed by atoms with Crippen LogP contribution < -0.4 is 9.47 Å². The maximum atomic E-state index is 12.9. The van der Waals surface area contributed by atoms with Crippen LogP contribution in [0.3, 0.4) is 0 Å². The molecule has 6 nitrogen and oxygen atoms in total. The van der Waals surface area contributed by atoms with E-state index in [1.807, 2.05) is 72.8 Å². The molecular weight excluding hydrogens is 436 g/mol. The second-order valence-electron chi connectivity index (χ2n) is 8.17. The fourth-order valence-corrected chi connectivity index (χ4v) is 5.62. The van der Waals surface area contributed by atoms with Crippen LogP contribution in [0.1, 0.15) is 17.5 Å². The van der Waals surface area contributed by atoms with Crippen LogP contribution >= 0.6 is 0 Å². The van der Waals surface area contributed by atoms with Crippen LogP contribution in [0.15, 0.2) is 78.9 Å². The van der Waals surface area contributed by atoms with Gasteiger partial charge in [-0.2, -0.15) is 0 Å². The Kier molecular flexibility index (Phi) is 7.65. The lowest BCUT2D eigenvalue weighted by atomic mass is 10.2. The molecule has 0 saturated carbocycles. The van der Waals surface area contributed by atoms with Crippen LogP contribution in [0.2, 0.25) is 0 Å². The van der Waals surface area contributed by atoms with Gasteiger partial charge in [-0.05, 0) is 48.4 Å². The van der Waals surface area contributed by atoms with E-state index in [4.69, 9.17) is 9.47 Å². The van der Waals surface area contributed by atoms with E-state index >= 15 is 0 Å². The highest BCUT2D eigenvalue weighted by Gasteiger charge is 2.25. The van der Waals surface area contributed by atoms with Gasteiger partial charge in [-0.3, -0.25) is 4.90 Å². The molecule has 0 bridgehead atoms. The van der Waals surface area contributed by atoms with Crippen molar-refractivity contribution in [2.24, 2.45) is 0 Å². The van der Waals surface area contributed by atoms with Gasteiger partial charge in [0.25, 0.3) is 0 Å². The topological polar surface area (TPSA) is 59.1 Å². The van der Waals surface area contributed by atoms with Gasteiger partial charge in [-0.1, -0.05) is 54.6 Å². The molecule has 33 heavy (non-hydrogen) atoms. The molecule has 174 valence electrons. The molecule has 3 aromatic rings. The van der Waals surface area contributed by atoms with Crippen molar-refractivity contribution in [1.82, 2.24) is 9.21 Å². The Balaban J connectivity index is 1.37. The first kappa shape index (κ1) is 23.3. The fourth-order valence-electron chi connectivity index (χ4n) is 4.06. The van der Waals surface area contributed by atoms with E-state index in [2.05, 4.69) is 11.0 Å². The third kappa shape index (κ3) is 6.35. The van der Waals surface area contributed by atoms with Gasteiger partial charge < -0.3 is 9.47 Å². The number of benzene rings is 3. The molecule has 1 aliphatic heterocycles. The smallest absolute Gasteiger partial charge is 0.218 e. The Morgan fingerprint density at radius 2 is 1.52 bits per heavy atom. The van der Waals surface area contributed by atoms with E-state index in [-0.39, 0.29) is 5.75 Å². The number of sulfonamides is 1. The minimum atomic E-state index is -3.33. The summed E-state index contributed by atoms with van der Waals surface area (Å²) in [6.07, 6.45) is 0.811. The van der Waals surface area contributed by atoms with Crippen LogP contribution in [-0.2, 0) is 22.3 Å². The van der Waals surface area contributed by atoms with Crippen LogP contribution in [0.4, 0.5) is 0 Å². The molecule has 7 heteroatoms. The lowest BCUT2D eigenvalue weighted by Crippen LogP contribution is -2.35. The summed E-state index contributed by atoms with van der Waals surface area (Å²) in [4.78, 5) is 2.31. The summed E-state index contributed by atoms with van der Waals surface area (Å²) in [5.41, 5.74) is 1.95. The highest BCUT2D eigenvalue weighted by atomic mass is 32.2. The van der Waals surface area contributed by atoms with Crippen LogP contribution in [0.25, 0.3) is 0 Å². The average molecular weight is 467 g/mol. The predicted octanol–water partition coefficient (Wildman–Crippen LogP) is 4.53. The molecule has 1 fully saturated rings. The molecule has 0 aliphatic carbocycles. The summed E-state index contributed by atoms with van der Waals surface area (Å²) in [5.74, 6) is 2.16. The molecule has 1 aliphatic rings. The summed E-state index contributed by atoms with van der Waals surface area (Å²) in [7, 11) is -1.70. The second-order valence-corrected chi connectivity index (χ2v) is 10.1. The lowest BCUT2D eigenvalue weighted by molar-refractivity contribution is 0.278. The molecule has 1 saturated heterocycles. The molecule has 1 heterocycles. The Morgan fingerprint density at radius 3 is 2.30 bits per heavy atom. The van der Waals surface area contributed by atoms with Crippen molar-refractivity contribution in [3.05, 3.63) is 90.0 Å². The number of hydrogen-bond donors (Lipinski definition) is 0. The third-order valence-electron chi connectivity index (χ3n) is 5.73. The zero-order valence-electron chi connectivity index (χ0n) is 18.9. The number of rotatable bonds is 8. The van der Waals surface area contributed by atoms with E-state index in [0.717, 1.165) is 36.4 Å². The summed E-state index contributed by atoms with van der Waals surface area (Å²) in [6.45, 7) is 3.37. The molecule has 0 spiro atoms. The van der Waals surface area contributed by atoms with Gasteiger partial charge in [0.1, 0.15) is 5.75 Å². The van der Waals surface area contributed by atoms with Gasteiger partial charge >= 0.3 is 0 Å². The Morgan fingerprint density at radius 1 is 0.788 bits per heavy atom. The van der Waals surface area contributed by atoms with E-state index in [9.17, 15) is 8.42 Å². The Labute approximate surface area is 196 Å². The zero-order valence-corrected chi connectivity index (χ0v) is 19.7. The van der Waals surface area contributed by atoms with Crippen molar-refractivity contribution in [3.8, 4) is 17.2 Å². The normalized spacial score (nSPS) is 15.7. The first-order valence-electron chi connectivity index (χ1n) is 11.2. The van der Waals surface area contributed by atoms with Crippen LogP contribution in [0.5, 0.6) is 17.2 Å². The Hall–Kier alpha value is -2.87. The number of nitrogens with zero attached hydrogens (tertiary/aromatic N) is 2. The van der Waals surface area contributed by atoms with Gasteiger partial charge in [0, 0.05) is 26.2 Å². The van der Waals surface area contributed by atoms with Crippen molar-refractivity contribution in [3.63, 3.8) is 0 Å². The summed E-state index contributed by atoms with van der Waals surface area (Å²) in [5, 5.41) is 0. The van der Waals surface area contributed by atoms with Crippen molar-refractivity contribution in [2.45, 2.75) is 18.7 Å². The van der Waals surface area contributed by atoms with Gasteiger partial charge in [-0.15, -0.1) is 0 Å². The van der Waals surface area contributed by atoms with Crippen molar-refractivity contribution >= 4 is 10.0 Å². The van der Waals surface area contributed by atoms with Crippen molar-refractivity contribution in [1.29, 1.82) is 0 Å². The molecule has 0 atom stereocenters. The number of hydrogen-bond acceptors (Lipinski definition) is 5. The third-order valence-corrected chi connectivity index (χ3v) is 7.58. The minimum Gasteiger partial charge on any atom is -0.493 e. The van der Waals surface area contributed by atoms with E-state index in [0.29, 0.717) is 31.1 Å². The van der Waals surface area contributed by atoms with Crippen LogP contribution in [-0.4, -0.2) is 50.9 Å². The summed E-state index contributed by atoms with van der Waals surface area (Å²) < 4.78 is 38.9. The van der Waals surface area contributed by atoms with Crippen LogP contribution in [0, 0.1) is 0 Å². The quantitative estimate of drug-likeness (QED) is 0.488. The first-order chi connectivity index (χ1) is 16.0. The molecule has 0 radical (unpaired) electrons. The first-order valence-corrected chi connectivity index (χ1v) is 12.8. The monoisotopic (exact) mass is 466 g/mol. The van der Waals surface area contributed by atoms with Gasteiger partial charge in [-0.25, -0.2) is 12.7 Å². The van der Waals surface area contributed by atoms with E-state index in [1.165, 1.54) is 0 Å². The number of ether oxygens (including phenoxy) is 2. The van der Waals surface area contributed by atoms with Crippen molar-refractivity contribution < 1.29 is 17.9 Å². The summed E-state index contributed by atoms with van der Waals surface area (Å²) >= 11 is 0. The SMILES string of the molecule is COc1ccccc1Oc1cccc(CN2CCCN(S(=O)(=O)Cc3ccccc3)CC2)c1. The number of para-hydroxylation sites is 2. The molecule has 0 N–H and O–H groups in total. The maximum absolute atomic E-state index is 12.9. The van der Waals surface area contributed by atoms with Gasteiger partial charge in [0.15, 0.2) is 11.5 Å². The molecular formula is C26H30N2O4S. The van der Waals surface area contributed by atoms with Gasteiger partial charge in [0.2, 0.25) is 10.0 Å². The number of methoxy groups -OCH3 is 1. The molecule has 0 amide bonds. The minimum absolute atomic E-state index is 0.0518. The highest BCUT2D eigenvalue weighted by molar-refractivity contribution is 7.88. The Bertz CT molecular complexity index is 1150. The lowest BCUT2D eigenvalue weighted by Gasteiger charge is -2.22.